The molecule has 0 unspecified atom stereocenters. The summed E-state index contributed by atoms with van der Waals surface area (Å²) in [6.45, 7) is 0.0357. The molecule has 0 aliphatic rings. The first-order valence-corrected chi connectivity index (χ1v) is 6.09. The average molecular weight is 283 g/mol. The van der Waals surface area contributed by atoms with Crippen LogP contribution in [0.4, 0.5) is 5.69 Å². The highest BCUT2D eigenvalue weighted by atomic mass is 16.5. The Labute approximate surface area is 121 Å². The number of hydrogen-bond acceptors (Lipinski definition) is 6. The van der Waals surface area contributed by atoms with Gasteiger partial charge < -0.3 is 15.2 Å². The summed E-state index contributed by atoms with van der Waals surface area (Å²) in [5.41, 5.74) is 7.30. The van der Waals surface area contributed by atoms with E-state index in [2.05, 4.69) is 4.98 Å². The van der Waals surface area contributed by atoms with E-state index in [0.717, 1.165) is 0 Å². The van der Waals surface area contributed by atoms with Crippen molar-refractivity contribution in [1.29, 1.82) is 5.26 Å². The van der Waals surface area contributed by atoms with Crippen molar-refractivity contribution >= 4 is 11.7 Å². The minimum absolute atomic E-state index is 0.0357. The Morgan fingerprint density at radius 2 is 2.19 bits per heavy atom. The Hall–Kier alpha value is -3.07. The predicted octanol–water partition coefficient (Wildman–Crippen LogP) is 1.90. The SMILES string of the molecule is COc1ccc(N)cc1C(=O)OCc1ccnc(C#N)c1. The number of ether oxygens (including phenoxy) is 2. The third-order valence-electron chi connectivity index (χ3n) is 2.75. The van der Waals surface area contributed by atoms with E-state index in [9.17, 15) is 4.79 Å². The van der Waals surface area contributed by atoms with E-state index in [0.29, 0.717) is 17.0 Å². The van der Waals surface area contributed by atoms with E-state index in [1.54, 1.807) is 24.3 Å². The van der Waals surface area contributed by atoms with Gasteiger partial charge in [-0.25, -0.2) is 9.78 Å². The van der Waals surface area contributed by atoms with Gasteiger partial charge in [0.1, 0.15) is 29.7 Å². The van der Waals surface area contributed by atoms with Crippen molar-refractivity contribution in [1.82, 2.24) is 4.98 Å². The highest BCUT2D eigenvalue weighted by Gasteiger charge is 2.14. The first kappa shape index (κ1) is 14.3. The molecule has 6 nitrogen and oxygen atoms in total. The van der Waals surface area contributed by atoms with Crippen LogP contribution in [-0.2, 0) is 11.3 Å². The smallest absolute Gasteiger partial charge is 0.342 e. The topological polar surface area (TPSA) is 98.2 Å². The van der Waals surface area contributed by atoms with Gasteiger partial charge in [0.05, 0.1) is 7.11 Å². The van der Waals surface area contributed by atoms with Gasteiger partial charge in [0, 0.05) is 11.9 Å². The van der Waals surface area contributed by atoms with Gasteiger partial charge in [-0.3, -0.25) is 0 Å². The molecule has 0 bridgehead atoms. The normalized spacial score (nSPS) is 9.71. The van der Waals surface area contributed by atoms with Gasteiger partial charge in [-0.05, 0) is 35.9 Å². The lowest BCUT2D eigenvalue weighted by Gasteiger charge is -2.09. The van der Waals surface area contributed by atoms with Crippen molar-refractivity contribution in [2.24, 2.45) is 0 Å². The van der Waals surface area contributed by atoms with E-state index in [-0.39, 0.29) is 17.9 Å². The number of methoxy groups -OCH3 is 1. The van der Waals surface area contributed by atoms with E-state index in [4.69, 9.17) is 20.5 Å². The molecule has 0 aliphatic heterocycles. The molecule has 0 fully saturated rings. The lowest BCUT2D eigenvalue weighted by molar-refractivity contribution is 0.0469. The standard InChI is InChI=1S/C15H13N3O3/c1-20-14-3-2-11(17)7-13(14)15(19)21-9-10-4-5-18-12(6-10)8-16/h2-7H,9,17H2,1H3. The number of anilines is 1. The number of nitriles is 1. The zero-order valence-corrected chi connectivity index (χ0v) is 11.4. The van der Waals surface area contributed by atoms with Crippen LogP contribution in [0.5, 0.6) is 5.75 Å². The van der Waals surface area contributed by atoms with Crippen LogP contribution in [0.15, 0.2) is 36.5 Å². The number of esters is 1. The summed E-state index contributed by atoms with van der Waals surface area (Å²) in [4.78, 5) is 15.9. The molecule has 6 heteroatoms. The van der Waals surface area contributed by atoms with Gasteiger partial charge >= 0.3 is 5.97 Å². The van der Waals surface area contributed by atoms with Crippen LogP contribution in [0, 0.1) is 11.3 Å². The molecule has 0 saturated heterocycles. The van der Waals surface area contributed by atoms with Crippen LogP contribution in [-0.4, -0.2) is 18.1 Å². The van der Waals surface area contributed by atoms with Gasteiger partial charge in [-0.2, -0.15) is 5.26 Å². The van der Waals surface area contributed by atoms with E-state index in [1.165, 1.54) is 19.4 Å². The summed E-state index contributed by atoms with van der Waals surface area (Å²) in [5, 5.41) is 8.77. The third kappa shape index (κ3) is 3.48. The number of carbonyl (C=O) groups excluding carboxylic acids is 1. The largest absolute Gasteiger partial charge is 0.496 e. The maximum Gasteiger partial charge on any atom is 0.342 e. The molecule has 21 heavy (non-hydrogen) atoms. The van der Waals surface area contributed by atoms with Crippen LogP contribution in [0.25, 0.3) is 0 Å². The van der Waals surface area contributed by atoms with Crippen molar-refractivity contribution in [2.75, 3.05) is 12.8 Å². The Morgan fingerprint density at radius 1 is 1.38 bits per heavy atom. The minimum Gasteiger partial charge on any atom is -0.496 e. The monoisotopic (exact) mass is 283 g/mol. The second-order valence-corrected chi connectivity index (χ2v) is 4.20. The number of benzene rings is 1. The lowest BCUT2D eigenvalue weighted by atomic mass is 10.2. The fourth-order valence-electron chi connectivity index (χ4n) is 1.74. The molecule has 0 saturated carbocycles. The van der Waals surface area contributed by atoms with Gasteiger partial charge in [-0.1, -0.05) is 0 Å². The number of nitrogens with two attached hydrogens (primary N) is 1. The van der Waals surface area contributed by atoms with Crippen LogP contribution in [0.1, 0.15) is 21.6 Å². The third-order valence-corrected chi connectivity index (χ3v) is 2.75. The summed E-state index contributed by atoms with van der Waals surface area (Å²) in [6.07, 6.45) is 1.49. The maximum absolute atomic E-state index is 12.1. The molecule has 0 radical (unpaired) electrons. The van der Waals surface area contributed by atoms with Crippen molar-refractivity contribution < 1.29 is 14.3 Å². The molecule has 0 amide bonds. The van der Waals surface area contributed by atoms with E-state index >= 15 is 0 Å². The van der Waals surface area contributed by atoms with Crippen LogP contribution in [0.3, 0.4) is 0 Å². The summed E-state index contributed by atoms with van der Waals surface area (Å²) < 4.78 is 10.3. The highest BCUT2D eigenvalue weighted by Crippen LogP contribution is 2.22. The molecule has 0 atom stereocenters. The molecule has 106 valence electrons. The first-order valence-electron chi connectivity index (χ1n) is 6.09. The van der Waals surface area contributed by atoms with Gasteiger partial charge in [-0.15, -0.1) is 0 Å². The molecular weight excluding hydrogens is 270 g/mol. The quantitative estimate of drug-likeness (QED) is 0.679. The Kier molecular flexibility index (Phi) is 4.36. The highest BCUT2D eigenvalue weighted by molar-refractivity contribution is 5.93. The lowest BCUT2D eigenvalue weighted by Crippen LogP contribution is -2.08. The van der Waals surface area contributed by atoms with Crippen molar-refractivity contribution in [3.63, 3.8) is 0 Å². The summed E-state index contributed by atoms with van der Waals surface area (Å²) in [6, 6.07) is 9.89. The summed E-state index contributed by atoms with van der Waals surface area (Å²) in [7, 11) is 1.46. The summed E-state index contributed by atoms with van der Waals surface area (Å²) in [5.74, 6) is -0.156. The molecule has 1 aromatic heterocycles. The van der Waals surface area contributed by atoms with Crippen molar-refractivity contribution in [3.8, 4) is 11.8 Å². The average Bonchev–Trinajstić information content (AvgIpc) is 2.52. The van der Waals surface area contributed by atoms with Crippen molar-refractivity contribution in [3.05, 3.63) is 53.3 Å². The zero-order chi connectivity index (χ0) is 15.2. The first-order chi connectivity index (χ1) is 10.1. The Bertz CT molecular complexity index is 708. The molecule has 2 aromatic rings. The van der Waals surface area contributed by atoms with Crippen LogP contribution >= 0.6 is 0 Å². The number of nitrogens with zero attached hydrogens (tertiary/aromatic N) is 2. The predicted molar refractivity (Wildman–Crippen MR) is 75.5 cm³/mol. The van der Waals surface area contributed by atoms with Gasteiger partial charge in [0.25, 0.3) is 0 Å². The number of pyridine rings is 1. The minimum atomic E-state index is -0.547. The number of aromatic nitrogens is 1. The Morgan fingerprint density at radius 3 is 2.90 bits per heavy atom. The van der Waals surface area contributed by atoms with Crippen LogP contribution < -0.4 is 10.5 Å². The van der Waals surface area contributed by atoms with E-state index < -0.39 is 5.97 Å². The number of rotatable bonds is 4. The van der Waals surface area contributed by atoms with Crippen LogP contribution in [0.2, 0.25) is 0 Å². The van der Waals surface area contributed by atoms with Crippen molar-refractivity contribution in [2.45, 2.75) is 6.61 Å². The second kappa shape index (κ2) is 6.39. The molecule has 1 heterocycles. The fourth-order valence-corrected chi connectivity index (χ4v) is 1.74. The number of carbonyl (C=O) groups is 1. The molecule has 1 aromatic carbocycles. The van der Waals surface area contributed by atoms with Gasteiger partial charge in [0.2, 0.25) is 0 Å². The molecule has 2 rings (SSSR count). The molecule has 2 N–H and O–H groups in total. The maximum atomic E-state index is 12.1. The number of hydrogen-bond donors (Lipinski definition) is 1. The second-order valence-electron chi connectivity index (χ2n) is 4.20. The molecular formula is C15H13N3O3. The Balaban J connectivity index is 2.11. The van der Waals surface area contributed by atoms with Gasteiger partial charge in [0.15, 0.2) is 0 Å². The molecule has 0 spiro atoms. The number of nitrogen functional groups attached to an aromatic ring is 1. The fraction of sp³-hybridized carbons (Fsp3) is 0.133. The zero-order valence-electron chi connectivity index (χ0n) is 11.4. The summed E-state index contributed by atoms with van der Waals surface area (Å²) >= 11 is 0. The molecule has 0 aliphatic carbocycles. The van der Waals surface area contributed by atoms with E-state index in [1.807, 2.05) is 6.07 Å².